The largest absolute Gasteiger partial charge is 0.496 e. The molecule has 1 aliphatic heterocycles. The molecular weight excluding hydrogens is 270 g/mol. The van der Waals surface area contributed by atoms with Crippen LogP contribution in [0.5, 0.6) is 17.2 Å². The van der Waals surface area contributed by atoms with Crippen LogP contribution in [0.15, 0.2) is 17.2 Å². The van der Waals surface area contributed by atoms with Crippen molar-refractivity contribution >= 4 is 6.21 Å². The van der Waals surface area contributed by atoms with Gasteiger partial charge in [-0.05, 0) is 13.1 Å². The van der Waals surface area contributed by atoms with Gasteiger partial charge in [0.25, 0.3) is 0 Å². The summed E-state index contributed by atoms with van der Waals surface area (Å²) in [6.07, 6.45) is 1.81. The fourth-order valence-corrected chi connectivity index (χ4v) is 2.21. The second kappa shape index (κ2) is 7.17. The summed E-state index contributed by atoms with van der Waals surface area (Å²) in [5, 5.41) is 6.60. The predicted molar refractivity (Wildman–Crippen MR) is 82.8 cm³/mol. The number of hydrazone groups is 1. The highest BCUT2D eigenvalue weighted by molar-refractivity contribution is 5.85. The molecule has 1 heterocycles. The van der Waals surface area contributed by atoms with Crippen molar-refractivity contribution in [3.05, 3.63) is 17.7 Å². The maximum Gasteiger partial charge on any atom is 0.164 e. The zero-order valence-corrected chi connectivity index (χ0v) is 13.1. The number of ether oxygens (including phenoxy) is 3. The molecular formula is C15H23N3O3. The average molecular weight is 293 g/mol. The molecule has 0 N–H and O–H groups in total. The lowest BCUT2D eigenvalue weighted by Crippen LogP contribution is -2.41. The maximum absolute atomic E-state index is 5.39. The minimum atomic E-state index is 0.645. The third-order valence-corrected chi connectivity index (χ3v) is 3.58. The van der Waals surface area contributed by atoms with Gasteiger partial charge in [0, 0.05) is 37.8 Å². The fraction of sp³-hybridized carbons (Fsp3) is 0.533. The number of rotatable bonds is 5. The first kappa shape index (κ1) is 15.4. The molecule has 1 aromatic rings. The monoisotopic (exact) mass is 293 g/mol. The van der Waals surface area contributed by atoms with Crippen molar-refractivity contribution in [3.63, 3.8) is 0 Å². The Labute approximate surface area is 125 Å². The van der Waals surface area contributed by atoms with Crippen molar-refractivity contribution in [1.29, 1.82) is 0 Å². The second-order valence-electron chi connectivity index (χ2n) is 4.95. The third kappa shape index (κ3) is 3.78. The number of hydrogen-bond acceptors (Lipinski definition) is 6. The maximum atomic E-state index is 5.39. The van der Waals surface area contributed by atoms with Crippen LogP contribution < -0.4 is 14.2 Å². The summed E-state index contributed by atoms with van der Waals surface area (Å²) < 4.78 is 16.0. The molecule has 0 saturated carbocycles. The minimum Gasteiger partial charge on any atom is -0.496 e. The molecule has 0 unspecified atom stereocenters. The van der Waals surface area contributed by atoms with E-state index in [0.29, 0.717) is 17.2 Å². The van der Waals surface area contributed by atoms with Crippen molar-refractivity contribution < 1.29 is 14.2 Å². The summed E-state index contributed by atoms with van der Waals surface area (Å²) in [4.78, 5) is 2.29. The van der Waals surface area contributed by atoms with Gasteiger partial charge in [-0.3, -0.25) is 5.01 Å². The van der Waals surface area contributed by atoms with E-state index in [4.69, 9.17) is 14.2 Å². The number of piperazine rings is 1. The predicted octanol–water partition coefficient (Wildman–Crippen LogP) is 1.29. The summed E-state index contributed by atoms with van der Waals surface area (Å²) >= 11 is 0. The van der Waals surface area contributed by atoms with E-state index in [9.17, 15) is 0 Å². The number of benzene rings is 1. The molecule has 1 fully saturated rings. The molecule has 1 aromatic carbocycles. The van der Waals surface area contributed by atoms with Gasteiger partial charge < -0.3 is 19.1 Å². The molecule has 2 rings (SSSR count). The lowest BCUT2D eigenvalue weighted by Gasteiger charge is -2.30. The van der Waals surface area contributed by atoms with Crippen molar-refractivity contribution in [2.45, 2.75) is 0 Å². The fourth-order valence-electron chi connectivity index (χ4n) is 2.21. The first-order valence-corrected chi connectivity index (χ1v) is 6.95. The number of nitrogens with zero attached hydrogens (tertiary/aromatic N) is 3. The van der Waals surface area contributed by atoms with Gasteiger partial charge in [0.2, 0.25) is 0 Å². The van der Waals surface area contributed by atoms with Gasteiger partial charge in [-0.1, -0.05) is 0 Å². The van der Waals surface area contributed by atoms with Crippen LogP contribution in [0.3, 0.4) is 0 Å². The lowest BCUT2D eigenvalue weighted by molar-refractivity contribution is 0.159. The molecule has 6 heteroatoms. The average Bonchev–Trinajstić information content (AvgIpc) is 2.53. The van der Waals surface area contributed by atoms with Crippen molar-refractivity contribution in [2.24, 2.45) is 5.10 Å². The van der Waals surface area contributed by atoms with E-state index in [1.807, 2.05) is 18.3 Å². The number of likely N-dealkylation sites (N-methyl/N-ethyl adjacent to an activating group) is 1. The molecule has 0 radical (unpaired) electrons. The van der Waals surface area contributed by atoms with Gasteiger partial charge in [-0.2, -0.15) is 5.10 Å². The molecule has 0 aromatic heterocycles. The highest BCUT2D eigenvalue weighted by Crippen LogP contribution is 2.33. The van der Waals surface area contributed by atoms with Gasteiger partial charge in [0.15, 0.2) is 11.5 Å². The first-order chi connectivity index (χ1) is 10.2. The van der Waals surface area contributed by atoms with Gasteiger partial charge in [-0.15, -0.1) is 0 Å². The van der Waals surface area contributed by atoms with Crippen LogP contribution >= 0.6 is 0 Å². The van der Waals surface area contributed by atoms with Crippen LogP contribution in [0.2, 0.25) is 0 Å². The summed E-state index contributed by atoms with van der Waals surface area (Å²) in [6, 6.07) is 3.68. The molecule has 0 amide bonds. The summed E-state index contributed by atoms with van der Waals surface area (Å²) in [5.74, 6) is 2.02. The molecule has 0 spiro atoms. The quantitative estimate of drug-likeness (QED) is 0.766. The molecule has 1 saturated heterocycles. The Hall–Kier alpha value is -1.95. The molecule has 0 aliphatic carbocycles. The molecule has 1 aliphatic rings. The van der Waals surface area contributed by atoms with E-state index in [-0.39, 0.29) is 0 Å². The zero-order valence-electron chi connectivity index (χ0n) is 13.1. The first-order valence-electron chi connectivity index (χ1n) is 6.95. The van der Waals surface area contributed by atoms with Crippen LogP contribution in [0.25, 0.3) is 0 Å². The Kier molecular flexibility index (Phi) is 5.27. The SMILES string of the molecule is COc1cc(OC)c(OC)cc1/C=N/N1CCN(C)CC1. The van der Waals surface area contributed by atoms with Crippen molar-refractivity contribution in [1.82, 2.24) is 9.91 Å². The van der Waals surface area contributed by atoms with E-state index < -0.39 is 0 Å². The zero-order chi connectivity index (χ0) is 15.2. The van der Waals surface area contributed by atoms with Gasteiger partial charge in [-0.25, -0.2) is 0 Å². The highest BCUT2D eigenvalue weighted by Gasteiger charge is 2.13. The molecule has 21 heavy (non-hydrogen) atoms. The minimum absolute atomic E-state index is 0.645. The van der Waals surface area contributed by atoms with E-state index in [0.717, 1.165) is 31.7 Å². The number of methoxy groups -OCH3 is 3. The lowest BCUT2D eigenvalue weighted by atomic mass is 10.2. The standard InChI is InChI=1S/C15H23N3O3/c1-17-5-7-18(8-6-17)16-11-12-9-14(20-3)15(21-4)10-13(12)19-2/h9-11H,5-8H2,1-4H3/b16-11+. The Morgan fingerprint density at radius 2 is 1.48 bits per heavy atom. The van der Waals surface area contributed by atoms with Gasteiger partial charge in [0.1, 0.15) is 5.75 Å². The smallest absolute Gasteiger partial charge is 0.164 e. The van der Waals surface area contributed by atoms with E-state index >= 15 is 0 Å². The van der Waals surface area contributed by atoms with Gasteiger partial charge in [0.05, 0.1) is 27.5 Å². The van der Waals surface area contributed by atoms with Crippen LogP contribution in [-0.2, 0) is 0 Å². The topological polar surface area (TPSA) is 46.5 Å². The Morgan fingerprint density at radius 3 is 2.05 bits per heavy atom. The number of hydrogen-bond donors (Lipinski definition) is 0. The van der Waals surface area contributed by atoms with Crippen LogP contribution in [0, 0.1) is 0 Å². The highest BCUT2D eigenvalue weighted by atomic mass is 16.5. The Balaban J connectivity index is 2.18. The van der Waals surface area contributed by atoms with Gasteiger partial charge >= 0.3 is 0 Å². The van der Waals surface area contributed by atoms with E-state index in [1.165, 1.54) is 0 Å². The summed E-state index contributed by atoms with van der Waals surface area (Å²) in [7, 11) is 6.98. The van der Waals surface area contributed by atoms with Crippen LogP contribution in [0.1, 0.15) is 5.56 Å². The van der Waals surface area contributed by atoms with Crippen molar-refractivity contribution in [2.75, 3.05) is 54.6 Å². The van der Waals surface area contributed by atoms with Crippen molar-refractivity contribution in [3.8, 4) is 17.2 Å². The summed E-state index contributed by atoms with van der Waals surface area (Å²) in [6.45, 7) is 3.92. The normalized spacial score (nSPS) is 16.3. The second-order valence-corrected chi connectivity index (χ2v) is 4.95. The Morgan fingerprint density at radius 1 is 0.905 bits per heavy atom. The molecule has 0 bridgehead atoms. The summed E-state index contributed by atoms with van der Waals surface area (Å²) in [5.41, 5.74) is 0.870. The van der Waals surface area contributed by atoms with E-state index in [1.54, 1.807) is 21.3 Å². The van der Waals surface area contributed by atoms with Crippen LogP contribution in [0.4, 0.5) is 0 Å². The molecule has 0 atom stereocenters. The third-order valence-electron chi connectivity index (χ3n) is 3.58. The Bertz CT molecular complexity index is 497. The van der Waals surface area contributed by atoms with Crippen LogP contribution in [-0.4, -0.2) is 70.7 Å². The molecule has 116 valence electrons. The molecule has 6 nitrogen and oxygen atoms in total. The van der Waals surface area contributed by atoms with E-state index in [2.05, 4.69) is 22.1 Å².